The highest BCUT2D eigenvalue weighted by Gasteiger charge is 2.23. The molecule has 1 aromatic rings. The number of nitrogens with one attached hydrogen (secondary N) is 2. The fourth-order valence-corrected chi connectivity index (χ4v) is 2.12. The van der Waals surface area contributed by atoms with Gasteiger partial charge in [-0.1, -0.05) is 13.0 Å². The highest BCUT2D eigenvalue weighted by Crippen LogP contribution is 2.15. The van der Waals surface area contributed by atoms with E-state index in [4.69, 9.17) is 0 Å². The van der Waals surface area contributed by atoms with Crippen molar-refractivity contribution >= 4 is 18.3 Å². The lowest BCUT2D eigenvalue weighted by Crippen LogP contribution is -2.48. The number of hydrogen-bond acceptors (Lipinski definition) is 3. The number of carbonyl (C=O) groups is 1. The van der Waals surface area contributed by atoms with Gasteiger partial charge in [-0.15, -0.1) is 12.4 Å². The molecule has 2 unspecified atom stereocenters. The minimum atomic E-state index is -0.0320. The van der Waals surface area contributed by atoms with E-state index in [2.05, 4.69) is 22.5 Å². The van der Waals surface area contributed by atoms with Crippen LogP contribution in [0.15, 0.2) is 24.5 Å². The first-order valence-electron chi connectivity index (χ1n) is 6.15. The highest BCUT2D eigenvalue weighted by molar-refractivity contribution is 5.85. The summed E-state index contributed by atoms with van der Waals surface area (Å²) in [7, 11) is 0. The Balaban J connectivity index is 0.00000162. The van der Waals surface area contributed by atoms with Crippen LogP contribution in [0.25, 0.3) is 0 Å². The number of pyridine rings is 1. The molecule has 2 heterocycles. The summed E-state index contributed by atoms with van der Waals surface area (Å²) < 4.78 is 0. The number of rotatable bonds is 3. The first-order valence-corrected chi connectivity index (χ1v) is 6.15. The van der Waals surface area contributed by atoms with Gasteiger partial charge >= 0.3 is 0 Å². The Morgan fingerprint density at radius 2 is 2.44 bits per heavy atom. The summed E-state index contributed by atoms with van der Waals surface area (Å²) >= 11 is 0. The van der Waals surface area contributed by atoms with Gasteiger partial charge in [-0.25, -0.2) is 0 Å². The molecular formula is C13H20ClN3O. The maximum atomic E-state index is 11.9. The van der Waals surface area contributed by atoms with Crippen molar-refractivity contribution in [3.63, 3.8) is 0 Å². The Bertz CT molecular complexity index is 372. The molecule has 2 rings (SSSR count). The Morgan fingerprint density at radius 1 is 1.61 bits per heavy atom. The minimum absolute atomic E-state index is 0. The number of nitrogens with zero attached hydrogens (tertiary/aromatic N) is 1. The number of amides is 1. The van der Waals surface area contributed by atoms with Gasteiger partial charge in [0, 0.05) is 18.9 Å². The van der Waals surface area contributed by atoms with Crippen LogP contribution in [0.2, 0.25) is 0 Å². The normalized spacial score (nSPS) is 22.9. The van der Waals surface area contributed by atoms with Crippen LogP contribution in [-0.2, 0) is 11.3 Å². The predicted octanol–water partition coefficient (Wildman–Crippen LogP) is 1.51. The second-order valence-corrected chi connectivity index (χ2v) is 4.72. The monoisotopic (exact) mass is 269 g/mol. The summed E-state index contributed by atoms with van der Waals surface area (Å²) in [6.45, 7) is 3.69. The van der Waals surface area contributed by atoms with E-state index in [1.807, 2.05) is 12.1 Å². The molecule has 5 heteroatoms. The molecule has 0 aromatic carbocycles. The van der Waals surface area contributed by atoms with Crippen molar-refractivity contribution in [1.29, 1.82) is 0 Å². The standard InChI is InChI=1S/C13H19N3O.ClH/c1-10-4-6-15-12(7-10)13(17)16-9-11-3-2-5-14-8-11;/h2-3,5,8,10,12,15H,4,6-7,9H2,1H3,(H,16,17);1H. The van der Waals surface area contributed by atoms with E-state index in [0.717, 1.165) is 24.9 Å². The van der Waals surface area contributed by atoms with Crippen LogP contribution in [-0.4, -0.2) is 23.5 Å². The Morgan fingerprint density at radius 3 is 3.11 bits per heavy atom. The topological polar surface area (TPSA) is 54.0 Å². The molecule has 1 fully saturated rings. The first-order chi connectivity index (χ1) is 8.25. The van der Waals surface area contributed by atoms with Gasteiger partial charge in [0.15, 0.2) is 0 Å². The molecule has 1 aromatic heterocycles. The molecule has 18 heavy (non-hydrogen) atoms. The molecule has 2 N–H and O–H groups in total. The average Bonchev–Trinajstić information content (AvgIpc) is 2.37. The van der Waals surface area contributed by atoms with Gasteiger partial charge in [-0.2, -0.15) is 0 Å². The van der Waals surface area contributed by atoms with Crippen LogP contribution in [0, 0.1) is 5.92 Å². The summed E-state index contributed by atoms with van der Waals surface area (Å²) in [4.78, 5) is 15.9. The van der Waals surface area contributed by atoms with Gasteiger partial charge in [0.1, 0.15) is 0 Å². The van der Waals surface area contributed by atoms with Crippen molar-refractivity contribution < 1.29 is 4.79 Å². The van der Waals surface area contributed by atoms with Crippen molar-refractivity contribution in [2.24, 2.45) is 5.92 Å². The van der Waals surface area contributed by atoms with E-state index < -0.39 is 0 Å². The quantitative estimate of drug-likeness (QED) is 0.875. The summed E-state index contributed by atoms with van der Waals surface area (Å²) in [6.07, 6.45) is 5.60. The fraction of sp³-hybridized carbons (Fsp3) is 0.538. The third-order valence-corrected chi connectivity index (χ3v) is 3.17. The Labute approximate surface area is 114 Å². The van der Waals surface area contributed by atoms with Gasteiger partial charge in [-0.3, -0.25) is 9.78 Å². The van der Waals surface area contributed by atoms with Gasteiger partial charge in [0.25, 0.3) is 0 Å². The van der Waals surface area contributed by atoms with Crippen LogP contribution in [0.5, 0.6) is 0 Å². The molecule has 0 bridgehead atoms. The third kappa shape index (κ3) is 4.27. The number of aromatic nitrogens is 1. The first kappa shape index (κ1) is 14.9. The lowest BCUT2D eigenvalue weighted by molar-refractivity contribution is -0.124. The van der Waals surface area contributed by atoms with E-state index in [1.165, 1.54) is 0 Å². The van der Waals surface area contributed by atoms with Crippen molar-refractivity contribution in [3.05, 3.63) is 30.1 Å². The average molecular weight is 270 g/mol. The van der Waals surface area contributed by atoms with Crippen LogP contribution < -0.4 is 10.6 Å². The molecule has 0 radical (unpaired) electrons. The summed E-state index contributed by atoms with van der Waals surface area (Å²) in [6, 6.07) is 3.81. The molecule has 0 aliphatic carbocycles. The molecule has 1 amide bonds. The van der Waals surface area contributed by atoms with E-state index in [-0.39, 0.29) is 24.4 Å². The van der Waals surface area contributed by atoms with Gasteiger partial charge in [-0.05, 0) is 36.9 Å². The second kappa shape index (κ2) is 7.34. The van der Waals surface area contributed by atoms with Crippen molar-refractivity contribution in [2.45, 2.75) is 32.4 Å². The minimum Gasteiger partial charge on any atom is -0.351 e. The van der Waals surface area contributed by atoms with Crippen LogP contribution in [0.3, 0.4) is 0 Å². The zero-order chi connectivity index (χ0) is 12.1. The van der Waals surface area contributed by atoms with Crippen LogP contribution in [0.4, 0.5) is 0 Å². The number of halogens is 1. The molecule has 100 valence electrons. The number of piperidine rings is 1. The largest absolute Gasteiger partial charge is 0.351 e. The predicted molar refractivity (Wildman–Crippen MR) is 73.5 cm³/mol. The van der Waals surface area contributed by atoms with E-state index in [0.29, 0.717) is 12.5 Å². The zero-order valence-corrected chi connectivity index (χ0v) is 11.4. The van der Waals surface area contributed by atoms with Crippen molar-refractivity contribution in [1.82, 2.24) is 15.6 Å². The molecule has 1 aliphatic rings. The van der Waals surface area contributed by atoms with E-state index >= 15 is 0 Å². The van der Waals surface area contributed by atoms with E-state index in [1.54, 1.807) is 12.4 Å². The lowest BCUT2D eigenvalue weighted by Gasteiger charge is -2.27. The second-order valence-electron chi connectivity index (χ2n) is 4.72. The SMILES string of the molecule is CC1CCNC(C(=O)NCc2cccnc2)C1.Cl. The summed E-state index contributed by atoms with van der Waals surface area (Å²) in [5, 5.41) is 6.21. The molecule has 1 saturated heterocycles. The summed E-state index contributed by atoms with van der Waals surface area (Å²) in [5.74, 6) is 0.728. The molecule has 4 nitrogen and oxygen atoms in total. The maximum absolute atomic E-state index is 11.9. The Hall–Kier alpha value is -1.13. The molecule has 0 spiro atoms. The maximum Gasteiger partial charge on any atom is 0.237 e. The van der Waals surface area contributed by atoms with Gasteiger partial charge < -0.3 is 10.6 Å². The zero-order valence-electron chi connectivity index (χ0n) is 10.6. The lowest BCUT2D eigenvalue weighted by atomic mass is 9.94. The van der Waals surface area contributed by atoms with Gasteiger partial charge in [0.2, 0.25) is 5.91 Å². The summed E-state index contributed by atoms with van der Waals surface area (Å²) in [5.41, 5.74) is 1.03. The van der Waals surface area contributed by atoms with Crippen LogP contribution in [0.1, 0.15) is 25.3 Å². The van der Waals surface area contributed by atoms with E-state index in [9.17, 15) is 4.79 Å². The Kier molecular flexibility index (Phi) is 6.09. The molecule has 0 saturated carbocycles. The molecule has 1 aliphatic heterocycles. The molecule has 2 atom stereocenters. The van der Waals surface area contributed by atoms with Gasteiger partial charge in [0.05, 0.1) is 6.04 Å². The van der Waals surface area contributed by atoms with Crippen molar-refractivity contribution in [3.8, 4) is 0 Å². The smallest absolute Gasteiger partial charge is 0.237 e. The third-order valence-electron chi connectivity index (χ3n) is 3.17. The van der Waals surface area contributed by atoms with Crippen LogP contribution >= 0.6 is 12.4 Å². The highest BCUT2D eigenvalue weighted by atomic mass is 35.5. The molecular weight excluding hydrogens is 250 g/mol. The number of hydrogen-bond donors (Lipinski definition) is 2. The van der Waals surface area contributed by atoms with Crippen molar-refractivity contribution in [2.75, 3.05) is 6.54 Å². The number of carbonyl (C=O) groups excluding carboxylic acids is 1. The fourth-order valence-electron chi connectivity index (χ4n) is 2.12.